The largest absolute Gasteiger partial charge is 0.367 e. The first-order valence-corrected chi connectivity index (χ1v) is 12.6. The van der Waals surface area contributed by atoms with Gasteiger partial charge >= 0.3 is 0 Å². The number of benzene rings is 2. The third kappa shape index (κ3) is 7.15. The smallest absolute Gasteiger partial charge is 0.248 e. The van der Waals surface area contributed by atoms with E-state index >= 15 is 0 Å². The molecule has 34 heavy (non-hydrogen) atoms. The molecular formula is C28H37N3O3. The van der Waals surface area contributed by atoms with Crippen LogP contribution in [0.4, 0.5) is 0 Å². The molecule has 2 amide bonds. The summed E-state index contributed by atoms with van der Waals surface area (Å²) in [5.74, 6) is 0.405. The maximum Gasteiger partial charge on any atom is 0.248 e. The molecule has 0 bridgehead atoms. The molecule has 0 saturated carbocycles. The van der Waals surface area contributed by atoms with Crippen LogP contribution in [-0.2, 0) is 27.4 Å². The SMILES string of the molecule is O=C(NCCc1ccccc1)C1CCN(C2CCN(C(=O)COCc3ccccc3)CC2)CC1. The number of piperidine rings is 2. The lowest BCUT2D eigenvalue weighted by atomic mass is 9.92. The Morgan fingerprint density at radius 2 is 1.44 bits per heavy atom. The molecule has 2 saturated heterocycles. The highest BCUT2D eigenvalue weighted by Gasteiger charge is 2.31. The van der Waals surface area contributed by atoms with Crippen LogP contribution in [0, 0.1) is 5.92 Å². The zero-order chi connectivity index (χ0) is 23.6. The molecule has 0 spiro atoms. The predicted molar refractivity (Wildman–Crippen MR) is 133 cm³/mol. The molecule has 0 unspecified atom stereocenters. The van der Waals surface area contributed by atoms with E-state index in [9.17, 15) is 9.59 Å². The van der Waals surface area contributed by atoms with Crippen molar-refractivity contribution in [2.75, 3.05) is 39.3 Å². The molecule has 2 heterocycles. The average Bonchev–Trinajstić information content (AvgIpc) is 2.90. The number of amides is 2. The molecule has 6 heteroatoms. The van der Waals surface area contributed by atoms with Gasteiger partial charge < -0.3 is 19.9 Å². The number of hydrogen-bond acceptors (Lipinski definition) is 4. The standard InChI is InChI=1S/C28H37N3O3/c32-27(22-34-21-24-9-5-2-6-10-24)31-19-14-26(15-20-31)30-17-12-25(13-18-30)28(33)29-16-11-23-7-3-1-4-8-23/h1-10,25-26H,11-22H2,(H,29,33). The van der Waals surface area contributed by atoms with Crippen molar-refractivity contribution in [3.05, 3.63) is 71.8 Å². The van der Waals surface area contributed by atoms with Crippen LogP contribution in [0.25, 0.3) is 0 Å². The molecule has 2 aromatic rings. The quantitative estimate of drug-likeness (QED) is 0.620. The minimum Gasteiger partial charge on any atom is -0.367 e. The van der Waals surface area contributed by atoms with E-state index in [0.717, 1.165) is 63.8 Å². The number of carbonyl (C=O) groups excluding carboxylic acids is 2. The zero-order valence-corrected chi connectivity index (χ0v) is 20.0. The average molecular weight is 464 g/mol. The minimum absolute atomic E-state index is 0.0836. The lowest BCUT2D eigenvalue weighted by Crippen LogP contribution is -2.50. The van der Waals surface area contributed by atoms with Crippen LogP contribution in [-0.4, -0.2) is 67.0 Å². The fourth-order valence-electron chi connectivity index (χ4n) is 5.05. The Hall–Kier alpha value is -2.70. The van der Waals surface area contributed by atoms with Gasteiger partial charge in [0.1, 0.15) is 6.61 Å². The van der Waals surface area contributed by atoms with E-state index in [4.69, 9.17) is 4.74 Å². The minimum atomic E-state index is 0.0836. The van der Waals surface area contributed by atoms with Gasteiger partial charge in [-0.05, 0) is 56.3 Å². The fraction of sp³-hybridized carbons (Fsp3) is 0.500. The summed E-state index contributed by atoms with van der Waals surface area (Å²) >= 11 is 0. The van der Waals surface area contributed by atoms with E-state index in [0.29, 0.717) is 19.2 Å². The molecule has 2 fully saturated rings. The molecule has 0 aliphatic carbocycles. The van der Waals surface area contributed by atoms with Crippen LogP contribution >= 0.6 is 0 Å². The Bertz CT molecular complexity index is 814. The Kier molecular flexibility index (Phi) is 9.11. The fourth-order valence-corrected chi connectivity index (χ4v) is 5.05. The van der Waals surface area contributed by atoms with E-state index in [1.165, 1.54) is 5.56 Å². The lowest BCUT2D eigenvalue weighted by Gasteiger charge is -2.41. The van der Waals surface area contributed by atoms with E-state index in [-0.39, 0.29) is 24.3 Å². The molecular weight excluding hydrogens is 426 g/mol. The number of rotatable bonds is 9. The summed E-state index contributed by atoms with van der Waals surface area (Å²) in [7, 11) is 0. The number of ether oxygens (including phenoxy) is 1. The van der Waals surface area contributed by atoms with E-state index in [1.54, 1.807) is 0 Å². The second kappa shape index (κ2) is 12.7. The van der Waals surface area contributed by atoms with E-state index in [2.05, 4.69) is 22.3 Å². The van der Waals surface area contributed by atoms with E-state index in [1.807, 2.05) is 53.4 Å². The number of hydrogen-bond donors (Lipinski definition) is 1. The number of nitrogens with one attached hydrogen (secondary N) is 1. The summed E-state index contributed by atoms with van der Waals surface area (Å²) < 4.78 is 5.63. The van der Waals surface area contributed by atoms with Gasteiger partial charge in [0.25, 0.3) is 0 Å². The molecule has 1 N–H and O–H groups in total. The van der Waals surface area contributed by atoms with Gasteiger partial charge in [-0.3, -0.25) is 9.59 Å². The van der Waals surface area contributed by atoms with Crippen molar-refractivity contribution in [2.24, 2.45) is 5.92 Å². The first kappa shape index (κ1) is 24.4. The van der Waals surface area contributed by atoms with Gasteiger partial charge in [-0.25, -0.2) is 0 Å². The topological polar surface area (TPSA) is 61.9 Å². The van der Waals surface area contributed by atoms with Gasteiger partial charge in [-0.15, -0.1) is 0 Å². The molecule has 0 atom stereocenters. The maximum atomic E-state index is 12.6. The summed E-state index contributed by atoms with van der Waals surface area (Å²) in [6, 6.07) is 20.7. The summed E-state index contributed by atoms with van der Waals surface area (Å²) in [4.78, 5) is 29.6. The Morgan fingerprint density at radius 1 is 0.824 bits per heavy atom. The van der Waals surface area contributed by atoms with Crippen LogP contribution in [0.3, 0.4) is 0 Å². The van der Waals surface area contributed by atoms with Crippen molar-refractivity contribution >= 4 is 11.8 Å². The molecule has 182 valence electrons. The molecule has 0 radical (unpaired) electrons. The number of likely N-dealkylation sites (tertiary alicyclic amines) is 2. The maximum absolute atomic E-state index is 12.6. The van der Waals surface area contributed by atoms with E-state index < -0.39 is 0 Å². The zero-order valence-electron chi connectivity index (χ0n) is 20.0. The van der Waals surface area contributed by atoms with Crippen molar-refractivity contribution in [3.8, 4) is 0 Å². The Labute approximate surface area is 203 Å². The Balaban J connectivity index is 1.10. The highest BCUT2D eigenvalue weighted by molar-refractivity contribution is 5.78. The highest BCUT2D eigenvalue weighted by Crippen LogP contribution is 2.24. The van der Waals surface area contributed by atoms with Crippen LogP contribution in [0.15, 0.2) is 60.7 Å². The number of nitrogens with zero attached hydrogens (tertiary/aromatic N) is 2. The molecule has 4 rings (SSSR count). The first-order valence-electron chi connectivity index (χ1n) is 12.6. The molecule has 2 aliphatic rings. The van der Waals surface area contributed by atoms with Gasteiger partial charge in [0.15, 0.2) is 0 Å². The lowest BCUT2D eigenvalue weighted by molar-refractivity contribution is -0.138. The van der Waals surface area contributed by atoms with Gasteiger partial charge in [-0.2, -0.15) is 0 Å². The van der Waals surface area contributed by atoms with Crippen LogP contribution in [0.1, 0.15) is 36.8 Å². The third-order valence-corrected chi connectivity index (χ3v) is 7.13. The summed E-state index contributed by atoms with van der Waals surface area (Å²) in [6.07, 6.45) is 4.71. The summed E-state index contributed by atoms with van der Waals surface area (Å²) in [5.41, 5.74) is 2.34. The normalized spacial score (nSPS) is 18.1. The van der Waals surface area contributed by atoms with Crippen molar-refractivity contribution in [1.29, 1.82) is 0 Å². The van der Waals surface area contributed by atoms with Gasteiger partial charge in [0.2, 0.25) is 11.8 Å². The third-order valence-electron chi connectivity index (χ3n) is 7.13. The first-order chi connectivity index (χ1) is 16.7. The van der Waals surface area contributed by atoms with Gasteiger partial charge in [0.05, 0.1) is 6.61 Å². The Morgan fingerprint density at radius 3 is 2.09 bits per heavy atom. The van der Waals surface area contributed by atoms with Crippen LogP contribution in [0.2, 0.25) is 0 Å². The van der Waals surface area contributed by atoms with Crippen molar-refractivity contribution in [3.63, 3.8) is 0 Å². The van der Waals surface area contributed by atoms with Crippen LogP contribution < -0.4 is 5.32 Å². The second-order valence-corrected chi connectivity index (χ2v) is 9.43. The molecule has 6 nitrogen and oxygen atoms in total. The summed E-state index contributed by atoms with van der Waals surface area (Å²) in [6.45, 7) is 4.83. The second-order valence-electron chi connectivity index (χ2n) is 9.43. The van der Waals surface area contributed by atoms with Crippen molar-refractivity contribution in [2.45, 2.75) is 44.8 Å². The highest BCUT2D eigenvalue weighted by atomic mass is 16.5. The molecule has 0 aromatic heterocycles. The summed E-state index contributed by atoms with van der Waals surface area (Å²) in [5, 5.41) is 3.13. The predicted octanol–water partition coefficient (Wildman–Crippen LogP) is 3.27. The van der Waals surface area contributed by atoms with Crippen molar-refractivity contribution in [1.82, 2.24) is 15.1 Å². The van der Waals surface area contributed by atoms with Gasteiger partial charge in [0, 0.05) is 31.6 Å². The number of carbonyl (C=O) groups is 2. The monoisotopic (exact) mass is 463 g/mol. The molecule has 2 aromatic carbocycles. The van der Waals surface area contributed by atoms with Gasteiger partial charge in [-0.1, -0.05) is 60.7 Å². The van der Waals surface area contributed by atoms with Crippen LogP contribution in [0.5, 0.6) is 0 Å². The van der Waals surface area contributed by atoms with Crippen molar-refractivity contribution < 1.29 is 14.3 Å². The molecule has 2 aliphatic heterocycles.